The van der Waals surface area contributed by atoms with E-state index in [9.17, 15) is 4.79 Å². The number of carbonyl (C=O) groups excluding carboxylic acids is 1. The van der Waals surface area contributed by atoms with E-state index >= 15 is 0 Å². The lowest BCUT2D eigenvalue weighted by Gasteiger charge is -2.44. The second-order valence-electron chi connectivity index (χ2n) is 4.32. The standard InChI is InChI=1S/C10H18N4O2/c1-8-6-10(7-8,9(15)16-2)12-4-3-5-13-14-11/h8,12H,3-7H2,1-2H3. The molecule has 6 nitrogen and oxygen atoms in total. The third-order valence-electron chi connectivity index (χ3n) is 2.93. The van der Waals surface area contributed by atoms with Gasteiger partial charge in [0, 0.05) is 11.5 Å². The molecule has 1 aliphatic rings. The summed E-state index contributed by atoms with van der Waals surface area (Å²) in [6.07, 6.45) is 2.37. The van der Waals surface area contributed by atoms with Gasteiger partial charge in [0.25, 0.3) is 0 Å². The zero-order valence-corrected chi connectivity index (χ0v) is 9.77. The van der Waals surface area contributed by atoms with E-state index in [0.717, 1.165) is 19.3 Å². The van der Waals surface area contributed by atoms with Crippen molar-refractivity contribution >= 4 is 5.97 Å². The van der Waals surface area contributed by atoms with Gasteiger partial charge in [-0.1, -0.05) is 12.0 Å². The Labute approximate surface area is 95.0 Å². The SMILES string of the molecule is COC(=O)C1(NCCCN=[N+]=[N-])CC(C)C1. The zero-order valence-electron chi connectivity index (χ0n) is 9.77. The van der Waals surface area contributed by atoms with Gasteiger partial charge in [0.05, 0.1) is 7.11 Å². The average molecular weight is 226 g/mol. The summed E-state index contributed by atoms with van der Waals surface area (Å²) in [7, 11) is 1.41. The summed E-state index contributed by atoms with van der Waals surface area (Å²) in [6.45, 7) is 3.24. The number of rotatable bonds is 6. The highest BCUT2D eigenvalue weighted by Crippen LogP contribution is 2.38. The van der Waals surface area contributed by atoms with E-state index in [2.05, 4.69) is 22.3 Å². The van der Waals surface area contributed by atoms with E-state index in [4.69, 9.17) is 10.3 Å². The van der Waals surface area contributed by atoms with Crippen LogP contribution >= 0.6 is 0 Å². The number of carbonyl (C=O) groups is 1. The summed E-state index contributed by atoms with van der Waals surface area (Å²) in [5.74, 6) is 0.373. The van der Waals surface area contributed by atoms with Crippen LogP contribution in [0.25, 0.3) is 10.4 Å². The van der Waals surface area contributed by atoms with Gasteiger partial charge in [-0.3, -0.25) is 4.79 Å². The molecule has 1 saturated carbocycles. The number of methoxy groups -OCH3 is 1. The smallest absolute Gasteiger partial charge is 0.326 e. The predicted octanol–water partition coefficient (Wildman–Crippen LogP) is 1.62. The molecule has 16 heavy (non-hydrogen) atoms. The van der Waals surface area contributed by atoms with Gasteiger partial charge >= 0.3 is 5.97 Å². The fourth-order valence-electron chi connectivity index (χ4n) is 2.23. The molecule has 0 aromatic rings. The van der Waals surface area contributed by atoms with E-state index in [1.807, 2.05) is 0 Å². The van der Waals surface area contributed by atoms with Crippen LogP contribution in [0.4, 0.5) is 0 Å². The second-order valence-corrected chi connectivity index (χ2v) is 4.32. The second kappa shape index (κ2) is 5.72. The molecule has 0 unspecified atom stereocenters. The number of esters is 1. The molecule has 0 atom stereocenters. The Bertz CT molecular complexity index is 293. The fourth-order valence-corrected chi connectivity index (χ4v) is 2.23. The largest absolute Gasteiger partial charge is 0.468 e. The highest BCUT2D eigenvalue weighted by Gasteiger charge is 2.48. The van der Waals surface area contributed by atoms with Crippen LogP contribution in [-0.2, 0) is 9.53 Å². The molecule has 0 aliphatic heterocycles. The monoisotopic (exact) mass is 226 g/mol. The third kappa shape index (κ3) is 2.87. The number of ether oxygens (including phenoxy) is 1. The van der Waals surface area contributed by atoms with Crippen LogP contribution < -0.4 is 5.32 Å². The van der Waals surface area contributed by atoms with Crippen LogP contribution in [0.2, 0.25) is 0 Å². The molecule has 0 saturated heterocycles. The maximum atomic E-state index is 11.6. The quantitative estimate of drug-likeness (QED) is 0.245. The Morgan fingerprint density at radius 2 is 2.38 bits per heavy atom. The molecular weight excluding hydrogens is 208 g/mol. The van der Waals surface area contributed by atoms with Gasteiger partial charge < -0.3 is 10.1 Å². The molecule has 0 amide bonds. The number of azide groups is 1. The fraction of sp³-hybridized carbons (Fsp3) is 0.900. The van der Waals surface area contributed by atoms with Crippen LogP contribution in [0.5, 0.6) is 0 Å². The maximum absolute atomic E-state index is 11.6. The zero-order chi connectivity index (χ0) is 12.0. The van der Waals surface area contributed by atoms with Gasteiger partial charge in [-0.05, 0) is 37.3 Å². The minimum atomic E-state index is -0.496. The van der Waals surface area contributed by atoms with Crippen molar-refractivity contribution in [1.82, 2.24) is 5.32 Å². The van der Waals surface area contributed by atoms with Crippen LogP contribution in [0.3, 0.4) is 0 Å². The van der Waals surface area contributed by atoms with Crippen molar-refractivity contribution in [3.8, 4) is 0 Å². The van der Waals surface area contributed by atoms with Crippen LogP contribution in [0.1, 0.15) is 26.2 Å². The van der Waals surface area contributed by atoms with Crippen molar-refractivity contribution < 1.29 is 9.53 Å². The van der Waals surface area contributed by atoms with Gasteiger partial charge in [-0.15, -0.1) is 0 Å². The van der Waals surface area contributed by atoms with Gasteiger partial charge in [0.2, 0.25) is 0 Å². The normalized spacial score (nSPS) is 27.8. The van der Waals surface area contributed by atoms with Crippen molar-refractivity contribution in [3.63, 3.8) is 0 Å². The number of nitrogens with zero attached hydrogens (tertiary/aromatic N) is 3. The van der Waals surface area contributed by atoms with Crippen molar-refractivity contribution in [2.45, 2.75) is 31.7 Å². The molecule has 6 heteroatoms. The molecule has 1 rings (SSSR count). The Hall–Kier alpha value is -1.26. The molecular formula is C10H18N4O2. The molecule has 0 aromatic heterocycles. The van der Waals surface area contributed by atoms with Crippen molar-refractivity contribution in [2.75, 3.05) is 20.2 Å². The van der Waals surface area contributed by atoms with Crippen molar-refractivity contribution in [3.05, 3.63) is 10.4 Å². The van der Waals surface area contributed by atoms with Crippen molar-refractivity contribution in [2.24, 2.45) is 11.0 Å². The van der Waals surface area contributed by atoms with E-state index in [0.29, 0.717) is 19.0 Å². The Morgan fingerprint density at radius 1 is 1.69 bits per heavy atom. The van der Waals surface area contributed by atoms with Gasteiger partial charge in [0.15, 0.2) is 0 Å². The summed E-state index contributed by atoms with van der Waals surface area (Å²) in [4.78, 5) is 14.3. The molecule has 1 aliphatic carbocycles. The van der Waals surface area contributed by atoms with E-state index < -0.39 is 5.54 Å². The molecule has 90 valence electrons. The van der Waals surface area contributed by atoms with Crippen LogP contribution in [-0.4, -0.2) is 31.7 Å². The summed E-state index contributed by atoms with van der Waals surface area (Å²) in [5, 5.41) is 6.65. The van der Waals surface area contributed by atoms with Gasteiger partial charge in [-0.2, -0.15) is 0 Å². The minimum Gasteiger partial charge on any atom is -0.468 e. The molecule has 0 radical (unpaired) electrons. The molecule has 0 heterocycles. The highest BCUT2D eigenvalue weighted by molar-refractivity contribution is 5.82. The first-order valence-electron chi connectivity index (χ1n) is 5.49. The lowest BCUT2D eigenvalue weighted by Crippen LogP contribution is -2.61. The Kier molecular flexibility index (Phi) is 4.58. The third-order valence-corrected chi connectivity index (χ3v) is 2.93. The van der Waals surface area contributed by atoms with E-state index in [1.165, 1.54) is 7.11 Å². The highest BCUT2D eigenvalue weighted by atomic mass is 16.5. The first-order chi connectivity index (χ1) is 7.64. The Morgan fingerprint density at radius 3 is 2.88 bits per heavy atom. The van der Waals surface area contributed by atoms with Crippen LogP contribution in [0, 0.1) is 5.92 Å². The van der Waals surface area contributed by atoms with E-state index in [-0.39, 0.29) is 5.97 Å². The summed E-state index contributed by atoms with van der Waals surface area (Å²) in [6, 6.07) is 0. The summed E-state index contributed by atoms with van der Waals surface area (Å²) >= 11 is 0. The molecule has 0 bridgehead atoms. The van der Waals surface area contributed by atoms with Gasteiger partial charge in [0.1, 0.15) is 5.54 Å². The number of hydrogen-bond acceptors (Lipinski definition) is 4. The number of nitrogens with one attached hydrogen (secondary N) is 1. The van der Waals surface area contributed by atoms with Crippen molar-refractivity contribution in [1.29, 1.82) is 0 Å². The first-order valence-corrected chi connectivity index (χ1v) is 5.49. The molecule has 1 fully saturated rings. The minimum absolute atomic E-state index is 0.186. The summed E-state index contributed by atoms with van der Waals surface area (Å²) in [5.41, 5.74) is 7.61. The first kappa shape index (κ1) is 12.8. The molecule has 1 N–H and O–H groups in total. The van der Waals surface area contributed by atoms with Gasteiger partial charge in [-0.25, -0.2) is 0 Å². The van der Waals surface area contributed by atoms with Crippen LogP contribution in [0.15, 0.2) is 5.11 Å². The van der Waals surface area contributed by atoms with E-state index in [1.54, 1.807) is 0 Å². The lowest BCUT2D eigenvalue weighted by molar-refractivity contribution is -0.154. The predicted molar refractivity (Wildman–Crippen MR) is 59.8 cm³/mol. The molecule has 0 aromatic carbocycles. The lowest BCUT2D eigenvalue weighted by atomic mass is 9.69. The number of hydrogen-bond donors (Lipinski definition) is 1. The average Bonchev–Trinajstić information content (AvgIpc) is 2.24. The molecule has 0 spiro atoms. The summed E-state index contributed by atoms with van der Waals surface area (Å²) < 4.78 is 4.80. The Balaban J connectivity index is 2.35. The maximum Gasteiger partial charge on any atom is 0.326 e. The topological polar surface area (TPSA) is 87.1 Å².